The number of carboxylic acids is 1. The Labute approximate surface area is 184 Å². The number of hydrogen-bond acceptors (Lipinski definition) is 4. The summed E-state index contributed by atoms with van der Waals surface area (Å²) < 4.78 is 0. The van der Waals surface area contributed by atoms with Crippen molar-refractivity contribution in [3.05, 3.63) is 41.1 Å². The number of halogens is 2. The second-order valence-corrected chi connectivity index (χ2v) is 8.15. The van der Waals surface area contributed by atoms with Gasteiger partial charge in [0.05, 0.1) is 17.3 Å². The summed E-state index contributed by atoms with van der Waals surface area (Å²) in [7, 11) is 0. The van der Waals surface area contributed by atoms with Gasteiger partial charge in [0, 0.05) is 30.3 Å². The van der Waals surface area contributed by atoms with Crippen molar-refractivity contribution >= 4 is 30.8 Å². The predicted octanol–water partition coefficient (Wildman–Crippen LogP) is 3.57. The number of aromatic amines is 1. The van der Waals surface area contributed by atoms with E-state index in [4.69, 9.17) is 0 Å². The minimum absolute atomic E-state index is 0. The number of likely N-dealkylation sites (tertiary alicyclic amines) is 1. The number of carboxylic acid groups (broad SMARTS) is 1. The van der Waals surface area contributed by atoms with Crippen molar-refractivity contribution in [1.82, 2.24) is 20.4 Å². The molecule has 1 aromatic heterocycles. The molecule has 0 radical (unpaired) electrons. The fourth-order valence-electron chi connectivity index (χ4n) is 4.71. The van der Waals surface area contributed by atoms with Crippen LogP contribution in [0.4, 0.5) is 0 Å². The van der Waals surface area contributed by atoms with Crippen LogP contribution < -0.4 is 5.32 Å². The predicted molar refractivity (Wildman–Crippen MR) is 119 cm³/mol. The molecule has 0 saturated carbocycles. The Morgan fingerprint density at radius 1 is 1.31 bits per heavy atom. The molecule has 0 bridgehead atoms. The van der Waals surface area contributed by atoms with E-state index in [1.54, 1.807) is 0 Å². The monoisotopic (exact) mass is 440 g/mol. The highest BCUT2D eigenvalue weighted by atomic mass is 35.5. The van der Waals surface area contributed by atoms with Crippen molar-refractivity contribution < 1.29 is 9.90 Å². The van der Waals surface area contributed by atoms with Gasteiger partial charge in [-0.05, 0) is 57.8 Å². The lowest BCUT2D eigenvalue weighted by Crippen LogP contribution is -2.62. The van der Waals surface area contributed by atoms with Crippen LogP contribution in [0.25, 0.3) is 11.3 Å². The summed E-state index contributed by atoms with van der Waals surface area (Å²) in [5, 5.41) is 20.8. The first kappa shape index (κ1) is 23.7. The topological polar surface area (TPSA) is 81.2 Å². The van der Waals surface area contributed by atoms with Gasteiger partial charge in [0.2, 0.25) is 0 Å². The molecule has 2 fully saturated rings. The maximum atomic E-state index is 12.0. The Balaban J connectivity index is 0.00000150. The number of nitrogens with zero attached hydrogens (tertiary/aromatic N) is 2. The zero-order valence-corrected chi connectivity index (χ0v) is 18.5. The summed E-state index contributed by atoms with van der Waals surface area (Å²) in [5.74, 6) is -0.640. The van der Waals surface area contributed by atoms with Crippen LogP contribution in [0.15, 0.2) is 24.4 Å². The lowest BCUT2D eigenvalue weighted by molar-refractivity contribution is -0.156. The largest absolute Gasteiger partial charge is 0.481 e. The molecular weight excluding hydrogens is 411 g/mol. The van der Waals surface area contributed by atoms with Gasteiger partial charge in [-0.1, -0.05) is 17.7 Å². The zero-order valence-electron chi connectivity index (χ0n) is 16.9. The number of fused-ring (bicyclic) bond motifs is 1. The highest BCUT2D eigenvalue weighted by Gasteiger charge is 2.50. The SMILES string of the molecule is Cc1ccc(C)c(-c2[nH]ncc2CN2CC[C@@]3(C(=O)O)CCCN[C@@H]3C2)c1.Cl.Cl. The molecule has 0 unspecified atom stereocenters. The maximum absolute atomic E-state index is 12.0. The third-order valence-corrected chi connectivity index (χ3v) is 6.37. The third-order valence-electron chi connectivity index (χ3n) is 6.37. The van der Waals surface area contributed by atoms with Crippen LogP contribution in [0.3, 0.4) is 0 Å². The van der Waals surface area contributed by atoms with Crippen LogP contribution >= 0.6 is 24.8 Å². The van der Waals surface area contributed by atoms with Crippen LogP contribution in [0.2, 0.25) is 0 Å². The molecular formula is C21H30Cl2N4O2. The van der Waals surface area contributed by atoms with Crippen molar-refractivity contribution in [2.24, 2.45) is 5.41 Å². The number of benzene rings is 1. The summed E-state index contributed by atoms with van der Waals surface area (Å²) >= 11 is 0. The van der Waals surface area contributed by atoms with Crippen LogP contribution in [-0.2, 0) is 11.3 Å². The number of carbonyl (C=O) groups is 1. The number of rotatable bonds is 4. The molecule has 2 saturated heterocycles. The summed E-state index contributed by atoms with van der Waals surface area (Å²) in [4.78, 5) is 14.3. The molecule has 8 heteroatoms. The third kappa shape index (κ3) is 4.45. The van der Waals surface area contributed by atoms with Crippen molar-refractivity contribution in [1.29, 1.82) is 0 Å². The number of aliphatic carboxylic acids is 1. The van der Waals surface area contributed by atoms with Gasteiger partial charge in [-0.15, -0.1) is 24.8 Å². The normalized spacial score (nSPS) is 24.1. The number of nitrogens with one attached hydrogen (secondary N) is 2. The average molecular weight is 441 g/mol. The summed E-state index contributed by atoms with van der Waals surface area (Å²) in [5.41, 5.74) is 5.29. The van der Waals surface area contributed by atoms with Crippen molar-refractivity contribution in [3.63, 3.8) is 0 Å². The fourth-order valence-corrected chi connectivity index (χ4v) is 4.71. The quantitative estimate of drug-likeness (QED) is 0.676. The molecule has 4 rings (SSSR count). The van der Waals surface area contributed by atoms with Crippen LogP contribution in [-0.4, -0.2) is 51.8 Å². The van der Waals surface area contributed by atoms with Gasteiger partial charge in [0.15, 0.2) is 0 Å². The van der Waals surface area contributed by atoms with Crippen LogP contribution in [0.5, 0.6) is 0 Å². The summed E-state index contributed by atoms with van der Waals surface area (Å²) in [6, 6.07) is 6.48. The van der Waals surface area contributed by atoms with Crippen molar-refractivity contribution in [3.8, 4) is 11.3 Å². The van der Waals surface area contributed by atoms with Gasteiger partial charge in [-0.25, -0.2) is 0 Å². The first-order chi connectivity index (χ1) is 13.0. The number of aryl methyl sites for hydroxylation is 2. The molecule has 1 aromatic carbocycles. The molecule has 3 N–H and O–H groups in total. The minimum Gasteiger partial charge on any atom is -0.481 e. The second-order valence-electron chi connectivity index (χ2n) is 8.15. The Bertz CT molecular complexity index is 857. The molecule has 2 aliphatic rings. The smallest absolute Gasteiger partial charge is 0.311 e. The Morgan fingerprint density at radius 2 is 2.10 bits per heavy atom. The molecule has 6 nitrogen and oxygen atoms in total. The van der Waals surface area contributed by atoms with E-state index in [1.807, 2.05) is 6.20 Å². The van der Waals surface area contributed by atoms with E-state index in [0.29, 0.717) is 6.42 Å². The van der Waals surface area contributed by atoms with Gasteiger partial charge in [0.1, 0.15) is 0 Å². The Hall–Kier alpha value is -1.60. The number of aromatic nitrogens is 2. The highest BCUT2D eigenvalue weighted by molar-refractivity contribution is 5.85. The molecule has 29 heavy (non-hydrogen) atoms. The standard InChI is InChI=1S/C21H28N4O2.2ClH/c1-14-4-5-15(2)17(10-14)19-16(11-23-24-19)12-25-9-7-21(20(26)27)6-3-8-22-18(21)13-25;;/h4-5,10-11,18,22H,3,6-9,12-13H2,1-2H3,(H,23,24)(H,26,27);2*1H/t18-,21+;;/m1../s1. The lowest BCUT2D eigenvalue weighted by Gasteiger charge is -2.48. The molecule has 0 amide bonds. The number of hydrogen-bond donors (Lipinski definition) is 3. The van der Waals surface area contributed by atoms with E-state index >= 15 is 0 Å². The second kappa shape index (κ2) is 9.47. The molecule has 0 aliphatic carbocycles. The van der Waals surface area contributed by atoms with E-state index in [2.05, 4.69) is 52.5 Å². The fraction of sp³-hybridized carbons (Fsp3) is 0.524. The van der Waals surface area contributed by atoms with E-state index in [-0.39, 0.29) is 30.9 Å². The van der Waals surface area contributed by atoms with Crippen molar-refractivity contribution in [2.45, 2.75) is 45.7 Å². The molecule has 0 spiro atoms. The first-order valence-electron chi connectivity index (χ1n) is 9.78. The van der Waals surface area contributed by atoms with Crippen molar-refractivity contribution in [2.75, 3.05) is 19.6 Å². The molecule has 2 aliphatic heterocycles. The Kier molecular flexibility index (Phi) is 7.74. The minimum atomic E-state index is -0.640. The highest BCUT2D eigenvalue weighted by Crippen LogP contribution is 2.39. The summed E-state index contributed by atoms with van der Waals surface area (Å²) in [6.07, 6.45) is 4.34. The molecule has 2 atom stereocenters. The molecule has 2 aromatic rings. The molecule has 160 valence electrons. The van der Waals surface area contributed by atoms with E-state index in [0.717, 1.165) is 44.7 Å². The van der Waals surface area contributed by atoms with Gasteiger partial charge in [0.25, 0.3) is 0 Å². The van der Waals surface area contributed by atoms with Crippen LogP contribution in [0.1, 0.15) is 36.0 Å². The van der Waals surface area contributed by atoms with E-state index in [9.17, 15) is 9.90 Å². The number of piperidine rings is 2. The van der Waals surface area contributed by atoms with Gasteiger partial charge < -0.3 is 10.4 Å². The molecule has 3 heterocycles. The Morgan fingerprint density at radius 3 is 2.86 bits per heavy atom. The maximum Gasteiger partial charge on any atom is 0.311 e. The number of H-pyrrole nitrogens is 1. The average Bonchev–Trinajstić information content (AvgIpc) is 3.11. The summed E-state index contributed by atoms with van der Waals surface area (Å²) in [6.45, 7) is 7.49. The van der Waals surface area contributed by atoms with Gasteiger partial charge >= 0.3 is 5.97 Å². The first-order valence-corrected chi connectivity index (χ1v) is 9.78. The lowest BCUT2D eigenvalue weighted by atomic mass is 9.69. The van der Waals surface area contributed by atoms with Gasteiger partial charge in [-0.3, -0.25) is 14.8 Å². The van der Waals surface area contributed by atoms with Crippen LogP contribution in [0, 0.1) is 19.3 Å². The van der Waals surface area contributed by atoms with E-state index in [1.165, 1.54) is 22.3 Å². The van der Waals surface area contributed by atoms with Gasteiger partial charge in [-0.2, -0.15) is 5.10 Å². The van der Waals surface area contributed by atoms with E-state index < -0.39 is 11.4 Å². The zero-order chi connectivity index (χ0) is 19.0.